The fourth-order valence-corrected chi connectivity index (χ4v) is 4.23. The summed E-state index contributed by atoms with van der Waals surface area (Å²) < 4.78 is 16.0. The third-order valence-electron chi connectivity index (χ3n) is 6.57. The van der Waals surface area contributed by atoms with Crippen LogP contribution < -0.4 is 20.9 Å². The second kappa shape index (κ2) is 11.2. The number of aliphatic hydroxyl groups is 1. The van der Waals surface area contributed by atoms with Crippen LogP contribution in [-0.4, -0.2) is 80.1 Å². The molecule has 1 fully saturated rings. The number of amides is 1. The van der Waals surface area contributed by atoms with E-state index in [4.69, 9.17) is 0 Å². The molecule has 13 heteroatoms. The van der Waals surface area contributed by atoms with Gasteiger partial charge in [0.15, 0.2) is 0 Å². The molecule has 0 bridgehead atoms. The molecular weight excluding hydrogens is 515 g/mol. The summed E-state index contributed by atoms with van der Waals surface area (Å²) in [4.78, 5) is 28.6. The number of hydrogen-bond donors (Lipinski definition) is 4. The largest absolute Gasteiger partial charge is 0.387 e. The fourth-order valence-electron chi connectivity index (χ4n) is 4.23. The Balaban J connectivity index is 1.46. The van der Waals surface area contributed by atoms with Crippen LogP contribution in [-0.2, 0) is 0 Å². The molecule has 12 nitrogen and oxygen atoms in total. The van der Waals surface area contributed by atoms with Gasteiger partial charge in [-0.05, 0) is 38.1 Å². The van der Waals surface area contributed by atoms with Crippen molar-refractivity contribution in [3.05, 3.63) is 60.2 Å². The van der Waals surface area contributed by atoms with Crippen molar-refractivity contribution in [3.8, 4) is 17.5 Å². The first-order chi connectivity index (χ1) is 19.2. The standard InChI is InChI=1S/C27H29FN10O2/c1-27(2,40)24(28)16-32-25(39)20-15-31-22(23-4-3-19-9-17(11-29)12-35-38(19)23)10-21(20)36-18-13-33-26(34-14-18)37-7-5-30-6-8-37/h3-4,9-10,12-15,24,30,40H,5-8,16H2,1-2H3,(H,31,36)(H,32,39). The molecule has 0 saturated carbocycles. The van der Waals surface area contributed by atoms with E-state index in [2.05, 4.69) is 47.0 Å². The molecule has 1 unspecified atom stereocenters. The molecule has 0 aromatic carbocycles. The van der Waals surface area contributed by atoms with Crippen LogP contribution in [0.1, 0.15) is 29.8 Å². The Kier molecular flexibility index (Phi) is 7.54. The molecule has 1 amide bonds. The highest BCUT2D eigenvalue weighted by molar-refractivity contribution is 6.00. The van der Waals surface area contributed by atoms with Gasteiger partial charge >= 0.3 is 0 Å². The van der Waals surface area contributed by atoms with Gasteiger partial charge in [-0.2, -0.15) is 10.4 Å². The minimum Gasteiger partial charge on any atom is -0.387 e. The molecule has 4 N–H and O–H groups in total. The third kappa shape index (κ3) is 5.83. The summed E-state index contributed by atoms with van der Waals surface area (Å²) in [5.41, 5.74) is 1.79. The van der Waals surface area contributed by atoms with Gasteiger partial charge in [-0.15, -0.1) is 0 Å². The summed E-state index contributed by atoms with van der Waals surface area (Å²) in [6.07, 6.45) is 4.46. The second-order valence-electron chi connectivity index (χ2n) is 9.99. The van der Waals surface area contributed by atoms with Crippen LogP contribution in [0.25, 0.3) is 16.9 Å². The van der Waals surface area contributed by atoms with Crippen LogP contribution in [0, 0.1) is 11.3 Å². The molecule has 0 radical (unpaired) electrons. The molecular formula is C27H29FN10O2. The highest BCUT2D eigenvalue weighted by Gasteiger charge is 2.27. The topological polar surface area (TPSA) is 156 Å². The quantitative estimate of drug-likeness (QED) is 0.259. The number of nitrogens with zero attached hydrogens (tertiary/aromatic N) is 7. The van der Waals surface area contributed by atoms with E-state index in [0.717, 1.165) is 26.2 Å². The first kappa shape index (κ1) is 26.9. The average Bonchev–Trinajstić information content (AvgIpc) is 3.39. The minimum atomic E-state index is -1.66. The number of anilines is 3. The maximum Gasteiger partial charge on any atom is 0.255 e. The van der Waals surface area contributed by atoms with Crippen LogP contribution in [0.2, 0.25) is 0 Å². The number of piperazine rings is 1. The summed E-state index contributed by atoms with van der Waals surface area (Å²) in [7, 11) is 0. The number of carbonyl (C=O) groups excluding carboxylic acids is 1. The molecule has 5 heterocycles. The molecule has 0 spiro atoms. The van der Waals surface area contributed by atoms with E-state index in [0.29, 0.717) is 39.8 Å². The van der Waals surface area contributed by atoms with E-state index in [1.807, 2.05) is 12.1 Å². The Labute approximate surface area is 229 Å². The van der Waals surface area contributed by atoms with Gasteiger partial charge in [0.05, 0.1) is 70.1 Å². The van der Waals surface area contributed by atoms with Crippen LogP contribution >= 0.6 is 0 Å². The van der Waals surface area contributed by atoms with E-state index >= 15 is 0 Å². The van der Waals surface area contributed by atoms with E-state index in [9.17, 15) is 19.6 Å². The molecule has 4 aromatic rings. The van der Waals surface area contributed by atoms with Crippen molar-refractivity contribution >= 4 is 28.7 Å². The lowest BCUT2D eigenvalue weighted by Gasteiger charge is -2.27. The van der Waals surface area contributed by atoms with Gasteiger partial charge in [0.2, 0.25) is 5.95 Å². The van der Waals surface area contributed by atoms with E-state index in [-0.39, 0.29) is 12.1 Å². The molecule has 5 rings (SSSR count). The van der Waals surface area contributed by atoms with Crippen LogP contribution in [0.3, 0.4) is 0 Å². The van der Waals surface area contributed by atoms with E-state index in [1.54, 1.807) is 29.0 Å². The van der Waals surface area contributed by atoms with Gasteiger partial charge in [0, 0.05) is 32.4 Å². The number of hydrogen-bond acceptors (Lipinski definition) is 10. The SMILES string of the molecule is CC(C)(O)C(F)CNC(=O)c1cnc(-c2ccc3cc(C#N)cnn23)cc1Nc1cnc(N2CCNCC2)nc1. The fraction of sp³-hybridized carbons (Fsp3) is 0.333. The Morgan fingerprint density at radius 3 is 2.62 bits per heavy atom. The monoisotopic (exact) mass is 544 g/mol. The van der Waals surface area contributed by atoms with Crippen molar-refractivity contribution in [2.75, 3.05) is 42.9 Å². The lowest BCUT2D eigenvalue weighted by atomic mass is 10.0. The number of aromatic nitrogens is 5. The predicted octanol–water partition coefficient (Wildman–Crippen LogP) is 2.05. The van der Waals surface area contributed by atoms with E-state index in [1.165, 1.54) is 26.2 Å². The van der Waals surface area contributed by atoms with Gasteiger partial charge in [0.1, 0.15) is 12.2 Å². The highest BCUT2D eigenvalue weighted by Crippen LogP contribution is 2.28. The van der Waals surface area contributed by atoms with Gasteiger partial charge < -0.3 is 26.0 Å². The number of halogens is 1. The Hall–Kier alpha value is -4.67. The zero-order valence-electron chi connectivity index (χ0n) is 22.1. The zero-order valence-corrected chi connectivity index (χ0v) is 22.1. The first-order valence-electron chi connectivity index (χ1n) is 12.8. The van der Waals surface area contributed by atoms with E-state index < -0.39 is 17.7 Å². The number of nitriles is 1. The van der Waals surface area contributed by atoms with Crippen molar-refractivity contribution < 1.29 is 14.3 Å². The molecule has 4 aromatic heterocycles. The smallest absolute Gasteiger partial charge is 0.255 e. The molecule has 1 saturated heterocycles. The van der Waals surface area contributed by atoms with Gasteiger partial charge in [-0.3, -0.25) is 9.78 Å². The van der Waals surface area contributed by atoms with Crippen LogP contribution in [0.4, 0.5) is 21.7 Å². The molecule has 40 heavy (non-hydrogen) atoms. The van der Waals surface area contributed by atoms with Gasteiger partial charge in [0.25, 0.3) is 5.91 Å². The predicted molar refractivity (Wildman–Crippen MR) is 147 cm³/mol. The number of nitrogens with one attached hydrogen (secondary N) is 3. The van der Waals surface area contributed by atoms with Crippen molar-refractivity contribution in [2.45, 2.75) is 25.6 Å². The number of rotatable bonds is 8. The maximum atomic E-state index is 14.3. The number of fused-ring (bicyclic) bond motifs is 1. The summed E-state index contributed by atoms with van der Waals surface area (Å²) in [5.74, 6) is 0.0483. The normalized spacial score (nSPS) is 14.5. The number of alkyl halides is 1. The molecule has 0 aliphatic carbocycles. The Bertz CT molecular complexity index is 1550. The highest BCUT2D eigenvalue weighted by atomic mass is 19.1. The lowest BCUT2D eigenvalue weighted by molar-refractivity contribution is -0.00177. The van der Waals surface area contributed by atoms with Crippen molar-refractivity contribution in [2.24, 2.45) is 0 Å². The van der Waals surface area contributed by atoms with Crippen LogP contribution in [0.15, 0.2) is 49.1 Å². The van der Waals surface area contributed by atoms with Crippen molar-refractivity contribution in [3.63, 3.8) is 0 Å². The summed E-state index contributed by atoms with van der Waals surface area (Å²) in [6, 6.07) is 9.11. The van der Waals surface area contributed by atoms with Crippen molar-refractivity contribution in [1.82, 2.24) is 35.2 Å². The third-order valence-corrected chi connectivity index (χ3v) is 6.57. The van der Waals surface area contributed by atoms with Crippen molar-refractivity contribution in [1.29, 1.82) is 5.26 Å². The summed E-state index contributed by atoms with van der Waals surface area (Å²) in [5, 5.41) is 32.5. The van der Waals surface area contributed by atoms with Gasteiger partial charge in [-0.1, -0.05) is 0 Å². The zero-order chi connectivity index (χ0) is 28.3. The molecule has 1 aliphatic heterocycles. The lowest BCUT2D eigenvalue weighted by Crippen LogP contribution is -2.44. The number of pyridine rings is 1. The molecule has 206 valence electrons. The minimum absolute atomic E-state index is 0.165. The average molecular weight is 545 g/mol. The van der Waals surface area contributed by atoms with Crippen LogP contribution in [0.5, 0.6) is 0 Å². The Morgan fingerprint density at radius 2 is 1.93 bits per heavy atom. The Morgan fingerprint density at radius 1 is 1.18 bits per heavy atom. The molecule has 1 atom stereocenters. The summed E-state index contributed by atoms with van der Waals surface area (Å²) >= 11 is 0. The second-order valence-corrected chi connectivity index (χ2v) is 9.99. The summed E-state index contributed by atoms with van der Waals surface area (Å²) in [6.45, 7) is 5.63. The van der Waals surface area contributed by atoms with Gasteiger partial charge in [-0.25, -0.2) is 18.9 Å². The first-order valence-corrected chi connectivity index (χ1v) is 12.8. The maximum absolute atomic E-state index is 14.3. The number of carbonyl (C=O) groups is 1. The molecule has 1 aliphatic rings.